The maximum absolute atomic E-state index is 5.69. The molecule has 0 amide bonds. The molecule has 5 heteroatoms. The zero-order valence-electron chi connectivity index (χ0n) is 11.9. The molecule has 2 aromatic rings. The molecule has 0 aliphatic carbocycles. The van der Waals surface area contributed by atoms with Crippen molar-refractivity contribution < 1.29 is 9.47 Å². The van der Waals surface area contributed by atoms with Gasteiger partial charge in [-0.1, -0.05) is 6.07 Å². The van der Waals surface area contributed by atoms with E-state index in [0.29, 0.717) is 11.5 Å². The zero-order chi connectivity index (χ0) is 14.5. The summed E-state index contributed by atoms with van der Waals surface area (Å²) in [5.41, 5.74) is 5.75. The molecule has 1 atom stereocenters. The van der Waals surface area contributed by atoms with Crippen molar-refractivity contribution in [3.63, 3.8) is 0 Å². The van der Waals surface area contributed by atoms with E-state index < -0.39 is 0 Å². The van der Waals surface area contributed by atoms with Crippen LogP contribution in [-0.2, 0) is 0 Å². The summed E-state index contributed by atoms with van der Waals surface area (Å²) < 4.78 is 10.6. The standard InChI is InChI=1S/C15H19N3O2/c1-10-6-7-17-12(8-10)15(18-16)11-4-5-13(19-2)14(9-11)20-3/h4-9,15,18H,16H2,1-3H3. The maximum Gasteiger partial charge on any atom is 0.161 e. The van der Waals surface area contributed by atoms with Crippen LogP contribution in [0, 0.1) is 6.92 Å². The van der Waals surface area contributed by atoms with Crippen LogP contribution in [0.2, 0.25) is 0 Å². The molecule has 5 nitrogen and oxygen atoms in total. The number of nitrogens with one attached hydrogen (secondary N) is 1. The van der Waals surface area contributed by atoms with Crippen molar-refractivity contribution in [2.75, 3.05) is 14.2 Å². The molecule has 0 radical (unpaired) electrons. The molecule has 0 bridgehead atoms. The van der Waals surface area contributed by atoms with Gasteiger partial charge in [0, 0.05) is 6.20 Å². The molecule has 3 N–H and O–H groups in total. The van der Waals surface area contributed by atoms with Crippen LogP contribution in [0.25, 0.3) is 0 Å². The zero-order valence-corrected chi connectivity index (χ0v) is 11.9. The Labute approximate surface area is 118 Å². The number of benzene rings is 1. The van der Waals surface area contributed by atoms with Crippen molar-refractivity contribution in [3.05, 3.63) is 53.3 Å². The fraction of sp³-hybridized carbons (Fsp3) is 0.267. The molecule has 0 fully saturated rings. The van der Waals surface area contributed by atoms with Crippen molar-refractivity contribution in [1.29, 1.82) is 0 Å². The minimum absolute atomic E-state index is 0.199. The summed E-state index contributed by atoms with van der Waals surface area (Å²) in [5, 5.41) is 0. The molecule has 1 unspecified atom stereocenters. The predicted octanol–water partition coefficient (Wildman–Crippen LogP) is 1.96. The van der Waals surface area contributed by atoms with Crippen LogP contribution >= 0.6 is 0 Å². The summed E-state index contributed by atoms with van der Waals surface area (Å²) in [4.78, 5) is 4.37. The van der Waals surface area contributed by atoms with Crippen LogP contribution in [0.3, 0.4) is 0 Å². The van der Waals surface area contributed by atoms with E-state index in [1.165, 1.54) is 0 Å². The second-order valence-electron chi connectivity index (χ2n) is 4.47. The quantitative estimate of drug-likeness (QED) is 0.644. The largest absolute Gasteiger partial charge is 0.493 e. The Morgan fingerprint density at radius 2 is 1.85 bits per heavy atom. The van der Waals surface area contributed by atoms with Gasteiger partial charge in [-0.15, -0.1) is 0 Å². The molecule has 0 aliphatic rings. The average molecular weight is 273 g/mol. The third-order valence-electron chi connectivity index (χ3n) is 3.14. The van der Waals surface area contributed by atoms with E-state index >= 15 is 0 Å². The molecule has 0 saturated heterocycles. The fourth-order valence-electron chi connectivity index (χ4n) is 2.10. The minimum Gasteiger partial charge on any atom is -0.493 e. The smallest absolute Gasteiger partial charge is 0.161 e. The van der Waals surface area contributed by atoms with Gasteiger partial charge >= 0.3 is 0 Å². The normalized spacial score (nSPS) is 12.0. The molecule has 1 aromatic heterocycles. The number of aromatic nitrogens is 1. The van der Waals surface area contributed by atoms with Gasteiger partial charge in [-0.3, -0.25) is 10.8 Å². The van der Waals surface area contributed by atoms with E-state index in [1.54, 1.807) is 20.4 Å². The third kappa shape index (κ3) is 2.89. The molecular formula is C15H19N3O2. The summed E-state index contributed by atoms with van der Waals surface area (Å²) >= 11 is 0. The van der Waals surface area contributed by atoms with Gasteiger partial charge < -0.3 is 9.47 Å². The molecule has 20 heavy (non-hydrogen) atoms. The Hall–Kier alpha value is -2.11. The first-order chi connectivity index (χ1) is 9.69. The first-order valence-corrected chi connectivity index (χ1v) is 6.30. The van der Waals surface area contributed by atoms with Crippen molar-refractivity contribution >= 4 is 0 Å². The number of ether oxygens (including phenoxy) is 2. The predicted molar refractivity (Wildman–Crippen MR) is 77.7 cm³/mol. The fourth-order valence-corrected chi connectivity index (χ4v) is 2.10. The summed E-state index contributed by atoms with van der Waals surface area (Å²) in [5.74, 6) is 7.04. The van der Waals surface area contributed by atoms with Gasteiger partial charge in [0.05, 0.1) is 26.0 Å². The van der Waals surface area contributed by atoms with E-state index in [9.17, 15) is 0 Å². The van der Waals surface area contributed by atoms with E-state index in [1.807, 2.05) is 37.3 Å². The summed E-state index contributed by atoms with van der Waals surface area (Å²) in [7, 11) is 3.22. The van der Waals surface area contributed by atoms with Crippen LogP contribution in [-0.4, -0.2) is 19.2 Å². The number of hydrogen-bond donors (Lipinski definition) is 2. The van der Waals surface area contributed by atoms with E-state index in [2.05, 4.69) is 10.4 Å². The van der Waals surface area contributed by atoms with E-state index in [0.717, 1.165) is 16.8 Å². The highest BCUT2D eigenvalue weighted by Crippen LogP contribution is 2.31. The van der Waals surface area contributed by atoms with Gasteiger partial charge in [0.2, 0.25) is 0 Å². The monoisotopic (exact) mass is 273 g/mol. The van der Waals surface area contributed by atoms with Crippen LogP contribution in [0.1, 0.15) is 22.9 Å². The summed E-state index contributed by atoms with van der Waals surface area (Å²) in [6.45, 7) is 2.02. The molecule has 0 saturated carbocycles. The van der Waals surface area contributed by atoms with Crippen LogP contribution < -0.4 is 20.7 Å². The van der Waals surface area contributed by atoms with Crippen molar-refractivity contribution in [3.8, 4) is 11.5 Å². The third-order valence-corrected chi connectivity index (χ3v) is 3.14. The number of aryl methyl sites for hydroxylation is 1. The second-order valence-corrected chi connectivity index (χ2v) is 4.47. The number of rotatable bonds is 5. The highest BCUT2D eigenvalue weighted by atomic mass is 16.5. The molecular weight excluding hydrogens is 254 g/mol. The van der Waals surface area contributed by atoms with Gasteiger partial charge in [0.1, 0.15) is 0 Å². The van der Waals surface area contributed by atoms with Crippen LogP contribution in [0.4, 0.5) is 0 Å². The topological polar surface area (TPSA) is 69.4 Å². The molecule has 2 rings (SSSR count). The number of nitrogens with two attached hydrogens (primary N) is 1. The Morgan fingerprint density at radius 1 is 1.10 bits per heavy atom. The van der Waals surface area contributed by atoms with E-state index in [-0.39, 0.29) is 6.04 Å². The first-order valence-electron chi connectivity index (χ1n) is 6.30. The number of hydrogen-bond acceptors (Lipinski definition) is 5. The Bertz CT molecular complexity index is 587. The lowest BCUT2D eigenvalue weighted by molar-refractivity contribution is 0.354. The van der Waals surface area contributed by atoms with Gasteiger partial charge in [-0.2, -0.15) is 0 Å². The van der Waals surface area contributed by atoms with Crippen molar-refractivity contribution in [2.45, 2.75) is 13.0 Å². The van der Waals surface area contributed by atoms with Gasteiger partial charge in [0.25, 0.3) is 0 Å². The van der Waals surface area contributed by atoms with E-state index in [4.69, 9.17) is 15.3 Å². The number of hydrazine groups is 1. The Morgan fingerprint density at radius 3 is 2.45 bits per heavy atom. The molecule has 1 aromatic carbocycles. The second kappa shape index (κ2) is 6.36. The molecule has 106 valence electrons. The highest BCUT2D eigenvalue weighted by molar-refractivity contribution is 5.45. The number of nitrogens with zero attached hydrogens (tertiary/aromatic N) is 1. The average Bonchev–Trinajstić information content (AvgIpc) is 2.48. The van der Waals surface area contributed by atoms with Gasteiger partial charge in [0.15, 0.2) is 11.5 Å². The Kier molecular flexibility index (Phi) is 4.55. The Balaban J connectivity index is 2.41. The number of pyridine rings is 1. The van der Waals surface area contributed by atoms with Gasteiger partial charge in [-0.25, -0.2) is 5.43 Å². The molecule has 0 aliphatic heterocycles. The lowest BCUT2D eigenvalue weighted by Gasteiger charge is -2.18. The van der Waals surface area contributed by atoms with Gasteiger partial charge in [-0.05, 0) is 42.3 Å². The van der Waals surface area contributed by atoms with Crippen molar-refractivity contribution in [1.82, 2.24) is 10.4 Å². The summed E-state index contributed by atoms with van der Waals surface area (Å²) in [6, 6.07) is 9.44. The lowest BCUT2D eigenvalue weighted by Crippen LogP contribution is -2.29. The van der Waals surface area contributed by atoms with Crippen LogP contribution in [0.15, 0.2) is 36.5 Å². The van der Waals surface area contributed by atoms with Crippen LogP contribution in [0.5, 0.6) is 11.5 Å². The molecule has 1 heterocycles. The lowest BCUT2D eigenvalue weighted by atomic mass is 10.0. The number of methoxy groups -OCH3 is 2. The molecule has 0 spiro atoms. The van der Waals surface area contributed by atoms with Crippen molar-refractivity contribution in [2.24, 2.45) is 5.84 Å². The SMILES string of the molecule is COc1ccc(C(NN)c2cc(C)ccn2)cc1OC. The summed E-state index contributed by atoms with van der Waals surface area (Å²) in [6.07, 6.45) is 1.77. The first kappa shape index (κ1) is 14.3. The minimum atomic E-state index is -0.199. The maximum atomic E-state index is 5.69. The highest BCUT2D eigenvalue weighted by Gasteiger charge is 2.16.